The summed E-state index contributed by atoms with van der Waals surface area (Å²) < 4.78 is 11.0. The molecule has 1 aliphatic rings. The number of aromatic amines is 1. The van der Waals surface area contributed by atoms with Crippen LogP contribution in [0, 0.1) is 0 Å². The van der Waals surface area contributed by atoms with E-state index in [1.165, 1.54) is 0 Å². The van der Waals surface area contributed by atoms with Gasteiger partial charge in [-0.2, -0.15) is 14.3 Å². The topological polar surface area (TPSA) is 154 Å². The molecule has 0 saturated carbocycles. The van der Waals surface area contributed by atoms with Gasteiger partial charge in [0, 0.05) is 12.3 Å². The Morgan fingerprint density at radius 2 is 2.05 bits per heavy atom. The molecule has 1 aromatic heterocycles. The largest absolute Gasteiger partial charge is 0.403 e. The van der Waals surface area contributed by atoms with Crippen molar-refractivity contribution >= 4 is 7.94 Å². The number of ether oxygens (including phenoxy) is 1. The van der Waals surface area contributed by atoms with Crippen LogP contribution in [0.5, 0.6) is 0 Å². The SMILES string of the molecule is C[P+](O)(O)OCC1O[C@H](n2ccc(=O)[nH]c2=O)[C@H](O)[C@@H]1O. The first-order valence-corrected chi connectivity index (χ1v) is 8.04. The molecule has 0 bridgehead atoms. The molecule has 21 heavy (non-hydrogen) atoms. The highest BCUT2D eigenvalue weighted by molar-refractivity contribution is 7.58. The van der Waals surface area contributed by atoms with Gasteiger partial charge in [0.25, 0.3) is 5.56 Å². The highest BCUT2D eigenvalue weighted by Crippen LogP contribution is 2.47. The number of hydrogen-bond acceptors (Lipinski definition) is 8. The number of H-pyrrole nitrogens is 1. The standard InChI is InChI=1S/C10H15N2O8P/c1-21(17,18)19-4-5-7(14)8(15)9(20-5)12-3-2-6(13)11-10(12)16/h2-3,5,7-9,14-15,17-18H,4H2,1H3/p+1/t5?,7-,8-,9+/m1/s1. The molecule has 1 unspecified atom stereocenters. The van der Waals surface area contributed by atoms with Crippen LogP contribution in [-0.2, 0) is 9.26 Å². The number of aromatic nitrogens is 2. The zero-order valence-electron chi connectivity index (χ0n) is 11.0. The molecule has 10 nitrogen and oxygen atoms in total. The molecule has 11 heteroatoms. The van der Waals surface area contributed by atoms with Crippen molar-refractivity contribution in [2.75, 3.05) is 13.3 Å². The average Bonchev–Trinajstić information content (AvgIpc) is 2.64. The Balaban J connectivity index is 2.16. The predicted octanol–water partition coefficient (Wildman–Crippen LogP) is -2.45. The zero-order chi connectivity index (χ0) is 15.8. The smallest absolute Gasteiger partial charge is 0.387 e. The van der Waals surface area contributed by atoms with Crippen LogP contribution in [0.15, 0.2) is 21.9 Å². The van der Waals surface area contributed by atoms with Gasteiger partial charge in [-0.25, -0.2) is 4.79 Å². The van der Waals surface area contributed by atoms with Crippen molar-refractivity contribution in [2.24, 2.45) is 0 Å². The third-order valence-electron chi connectivity index (χ3n) is 2.95. The molecule has 1 saturated heterocycles. The quantitative estimate of drug-likeness (QED) is 0.383. The fourth-order valence-corrected chi connectivity index (χ4v) is 2.37. The maximum absolute atomic E-state index is 11.6. The van der Waals surface area contributed by atoms with Gasteiger partial charge in [0.15, 0.2) is 6.23 Å². The summed E-state index contributed by atoms with van der Waals surface area (Å²) in [6, 6.07) is 1.07. The molecule has 118 valence electrons. The van der Waals surface area contributed by atoms with Crippen LogP contribution in [-0.4, -0.2) is 61.1 Å². The number of aliphatic hydroxyl groups excluding tert-OH is 2. The van der Waals surface area contributed by atoms with E-state index in [4.69, 9.17) is 19.0 Å². The first-order chi connectivity index (χ1) is 9.69. The Hall–Kier alpha value is -1.13. The number of aliphatic hydroxyl groups is 2. The summed E-state index contributed by atoms with van der Waals surface area (Å²) in [4.78, 5) is 42.9. The second-order valence-corrected chi connectivity index (χ2v) is 6.62. The Morgan fingerprint density at radius 3 is 2.62 bits per heavy atom. The number of rotatable bonds is 4. The normalized spacial score (nSPS) is 29.8. The summed E-state index contributed by atoms with van der Waals surface area (Å²) in [7, 11) is -3.51. The Kier molecular flexibility index (Phi) is 4.59. The third kappa shape index (κ3) is 3.74. The van der Waals surface area contributed by atoms with Crippen LogP contribution >= 0.6 is 7.94 Å². The fraction of sp³-hybridized carbons (Fsp3) is 0.600. The van der Waals surface area contributed by atoms with E-state index in [1.807, 2.05) is 4.98 Å². The van der Waals surface area contributed by atoms with Gasteiger partial charge >= 0.3 is 13.6 Å². The van der Waals surface area contributed by atoms with Crippen molar-refractivity contribution in [3.63, 3.8) is 0 Å². The molecular formula is C10H16N2O8P+. The van der Waals surface area contributed by atoms with Gasteiger partial charge in [-0.1, -0.05) is 0 Å². The summed E-state index contributed by atoms with van der Waals surface area (Å²) in [6.07, 6.45) is -3.98. The molecule has 2 rings (SSSR count). The van der Waals surface area contributed by atoms with Crippen molar-refractivity contribution < 1.29 is 29.3 Å². The molecule has 1 aromatic rings. The highest BCUT2D eigenvalue weighted by Gasteiger charge is 2.46. The van der Waals surface area contributed by atoms with E-state index in [1.54, 1.807) is 0 Å². The predicted molar refractivity (Wildman–Crippen MR) is 70.5 cm³/mol. The van der Waals surface area contributed by atoms with E-state index in [2.05, 4.69) is 0 Å². The Bertz CT molecular complexity index is 608. The van der Waals surface area contributed by atoms with Crippen LogP contribution in [0.3, 0.4) is 0 Å². The van der Waals surface area contributed by atoms with Gasteiger partial charge in [-0.05, 0) is 0 Å². The Labute approximate surface area is 118 Å². The molecule has 4 atom stereocenters. The van der Waals surface area contributed by atoms with Crippen molar-refractivity contribution in [1.29, 1.82) is 0 Å². The lowest BCUT2D eigenvalue weighted by molar-refractivity contribution is -0.0534. The van der Waals surface area contributed by atoms with Crippen LogP contribution < -0.4 is 11.2 Å². The molecule has 2 heterocycles. The molecular weight excluding hydrogens is 307 g/mol. The summed E-state index contributed by atoms with van der Waals surface area (Å²) in [5, 5.41) is 19.7. The van der Waals surface area contributed by atoms with Crippen LogP contribution in [0.25, 0.3) is 0 Å². The second-order valence-electron chi connectivity index (χ2n) is 4.69. The summed E-state index contributed by atoms with van der Waals surface area (Å²) in [5.41, 5.74) is -1.41. The number of nitrogens with one attached hydrogen (secondary N) is 1. The maximum Gasteiger partial charge on any atom is 0.403 e. The molecule has 0 aromatic carbocycles. The van der Waals surface area contributed by atoms with Gasteiger partial charge in [0.05, 0.1) is 0 Å². The van der Waals surface area contributed by atoms with Crippen LogP contribution in [0.2, 0.25) is 0 Å². The lowest BCUT2D eigenvalue weighted by Crippen LogP contribution is -2.37. The minimum Gasteiger partial charge on any atom is -0.387 e. The van der Waals surface area contributed by atoms with E-state index in [-0.39, 0.29) is 6.61 Å². The first kappa shape index (κ1) is 16.2. The van der Waals surface area contributed by atoms with Crippen molar-refractivity contribution in [3.05, 3.63) is 33.1 Å². The molecule has 0 spiro atoms. The van der Waals surface area contributed by atoms with Crippen LogP contribution in [0.4, 0.5) is 0 Å². The molecule has 1 aliphatic heterocycles. The monoisotopic (exact) mass is 323 g/mol. The molecule has 5 N–H and O–H groups in total. The Morgan fingerprint density at radius 1 is 1.38 bits per heavy atom. The summed E-state index contributed by atoms with van der Waals surface area (Å²) in [5.74, 6) is 0. The second kappa shape index (κ2) is 5.93. The van der Waals surface area contributed by atoms with Gasteiger partial charge in [-0.15, -0.1) is 0 Å². The van der Waals surface area contributed by atoms with Crippen molar-refractivity contribution in [2.45, 2.75) is 24.5 Å². The fourth-order valence-electron chi connectivity index (χ4n) is 1.94. The van der Waals surface area contributed by atoms with Gasteiger partial charge < -0.3 is 14.9 Å². The van der Waals surface area contributed by atoms with E-state index >= 15 is 0 Å². The third-order valence-corrected chi connectivity index (χ3v) is 3.58. The lowest BCUT2D eigenvalue weighted by Gasteiger charge is -2.16. The van der Waals surface area contributed by atoms with Crippen LogP contribution in [0.1, 0.15) is 6.23 Å². The minimum absolute atomic E-state index is 0.371. The van der Waals surface area contributed by atoms with Gasteiger partial charge in [-0.3, -0.25) is 14.3 Å². The molecule has 0 radical (unpaired) electrons. The van der Waals surface area contributed by atoms with Crippen molar-refractivity contribution in [1.82, 2.24) is 9.55 Å². The summed E-state index contributed by atoms with van der Waals surface area (Å²) in [6.45, 7) is 0.707. The summed E-state index contributed by atoms with van der Waals surface area (Å²) >= 11 is 0. The number of hydrogen-bond donors (Lipinski definition) is 5. The maximum atomic E-state index is 11.6. The highest BCUT2D eigenvalue weighted by atomic mass is 31.2. The lowest BCUT2D eigenvalue weighted by atomic mass is 10.1. The van der Waals surface area contributed by atoms with E-state index < -0.39 is 43.7 Å². The van der Waals surface area contributed by atoms with Gasteiger partial charge in [0.1, 0.15) is 31.6 Å². The van der Waals surface area contributed by atoms with E-state index in [0.717, 1.165) is 23.5 Å². The molecule has 1 fully saturated rings. The van der Waals surface area contributed by atoms with E-state index in [9.17, 15) is 19.8 Å². The van der Waals surface area contributed by atoms with Gasteiger partial charge in [0.2, 0.25) is 0 Å². The molecule has 0 amide bonds. The number of nitrogens with zero attached hydrogens (tertiary/aromatic N) is 1. The minimum atomic E-state index is -3.51. The van der Waals surface area contributed by atoms with Crippen molar-refractivity contribution in [3.8, 4) is 0 Å². The molecule has 0 aliphatic carbocycles. The zero-order valence-corrected chi connectivity index (χ0v) is 11.9. The average molecular weight is 323 g/mol. The first-order valence-electron chi connectivity index (χ1n) is 5.98. The van der Waals surface area contributed by atoms with E-state index in [0.29, 0.717) is 0 Å².